The number of rotatable bonds is 8. The Morgan fingerprint density at radius 3 is 2.77 bits per heavy atom. The van der Waals surface area contributed by atoms with Crippen LogP contribution in [0.15, 0.2) is 30.3 Å². The second kappa shape index (κ2) is 8.73. The molecule has 0 radical (unpaired) electrons. The lowest BCUT2D eigenvalue weighted by molar-refractivity contribution is -0.145. The third-order valence-corrected chi connectivity index (χ3v) is 3.80. The summed E-state index contributed by atoms with van der Waals surface area (Å²) in [5, 5.41) is 9.26. The fourth-order valence-corrected chi connectivity index (χ4v) is 2.71. The maximum Gasteiger partial charge on any atom is 0.322 e. The smallest absolute Gasteiger partial charge is 0.322 e. The van der Waals surface area contributed by atoms with Crippen molar-refractivity contribution in [1.82, 2.24) is 4.90 Å². The monoisotopic (exact) mass is 308 g/mol. The molecule has 122 valence electrons. The van der Waals surface area contributed by atoms with E-state index in [1.54, 1.807) is 0 Å². The van der Waals surface area contributed by atoms with Gasteiger partial charge in [0.2, 0.25) is 0 Å². The van der Waals surface area contributed by atoms with Crippen LogP contribution in [0.1, 0.15) is 12.8 Å². The molecule has 1 aromatic rings. The number of hydrogen-bond donors (Lipinski definition) is 2. The van der Waals surface area contributed by atoms with Crippen LogP contribution in [-0.4, -0.2) is 61.0 Å². The van der Waals surface area contributed by atoms with E-state index in [0.717, 1.165) is 25.1 Å². The maximum absolute atomic E-state index is 11.3. The summed E-state index contributed by atoms with van der Waals surface area (Å²) in [5.74, 6) is -0.0290. The minimum absolute atomic E-state index is 0.298. The number of likely N-dealkylation sites (tertiary alicyclic amines) is 1. The highest BCUT2D eigenvalue weighted by Crippen LogP contribution is 2.16. The van der Waals surface area contributed by atoms with E-state index < -0.39 is 12.0 Å². The quantitative estimate of drug-likeness (QED) is 0.696. The summed E-state index contributed by atoms with van der Waals surface area (Å²) < 4.78 is 11.0. The molecule has 0 spiro atoms. The standard InChI is InChI=1S/C16H24N2O4/c17-14-7-4-8-18(15(14)16(19)20)9-10-21-11-12-22-13-5-2-1-3-6-13/h1-3,5-6,14-15H,4,7-12,17H2,(H,19,20)/t14-,15-/m1/s1. The van der Waals surface area contributed by atoms with Gasteiger partial charge in [-0.15, -0.1) is 0 Å². The van der Waals surface area contributed by atoms with Gasteiger partial charge in [0.05, 0.1) is 13.2 Å². The molecule has 0 aliphatic carbocycles. The molecule has 1 fully saturated rings. The molecule has 1 aromatic carbocycles. The Balaban J connectivity index is 1.62. The van der Waals surface area contributed by atoms with Crippen molar-refractivity contribution in [2.45, 2.75) is 24.9 Å². The van der Waals surface area contributed by atoms with E-state index in [-0.39, 0.29) is 6.04 Å². The first kappa shape index (κ1) is 16.7. The van der Waals surface area contributed by atoms with Crippen molar-refractivity contribution in [2.24, 2.45) is 5.73 Å². The van der Waals surface area contributed by atoms with Crippen LogP contribution in [0.5, 0.6) is 5.75 Å². The van der Waals surface area contributed by atoms with Crippen LogP contribution < -0.4 is 10.5 Å². The number of ether oxygens (including phenoxy) is 2. The number of hydrogen-bond acceptors (Lipinski definition) is 5. The van der Waals surface area contributed by atoms with E-state index in [2.05, 4.69) is 0 Å². The summed E-state index contributed by atoms with van der Waals surface area (Å²) in [7, 11) is 0. The molecule has 6 heteroatoms. The molecule has 2 atom stereocenters. The van der Waals surface area contributed by atoms with Gasteiger partial charge in [-0.2, -0.15) is 0 Å². The Morgan fingerprint density at radius 2 is 2.05 bits per heavy atom. The van der Waals surface area contributed by atoms with E-state index in [1.165, 1.54) is 0 Å². The highest BCUT2D eigenvalue weighted by atomic mass is 16.5. The number of nitrogens with zero attached hydrogens (tertiary/aromatic N) is 1. The third kappa shape index (κ3) is 4.98. The van der Waals surface area contributed by atoms with Gasteiger partial charge in [-0.25, -0.2) is 0 Å². The Labute approximate surface area is 130 Å². The van der Waals surface area contributed by atoms with Gasteiger partial charge in [0.1, 0.15) is 18.4 Å². The van der Waals surface area contributed by atoms with Crippen LogP contribution in [0.25, 0.3) is 0 Å². The molecule has 0 aromatic heterocycles. The van der Waals surface area contributed by atoms with Gasteiger partial charge in [0, 0.05) is 12.6 Å². The molecule has 1 aliphatic heterocycles. The fourth-order valence-electron chi connectivity index (χ4n) is 2.71. The Morgan fingerprint density at radius 1 is 1.27 bits per heavy atom. The number of carboxylic acids is 1. The number of para-hydroxylation sites is 1. The summed E-state index contributed by atoms with van der Waals surface area (Å²) in [6.45, 7) is 2.78. The Bertz CT molecular complexity index is 455. The lowest BCUT2D eigenvalue weighted by Gasteiger charge is -2.36. The highest BCUT2D eigenvalue weighted by Gasteiger charge is 2.34. The van der Waals surface area contributed by atoms with Gasteiger partial charge in [-0.05, 0) is 31.5 Å². The molecule has 1 saturated heterocycles. The lowest BCUT2D eigenvalue weighted by atomic mass is 9.97. The van der Waals surface area contributed by atoms with Gasteiger partial charge < -0.3 is 20.3 Å². The molecule has 0 unspecified atom stereocenters. The highest BCUT2D eigenvalue weighted by molar-refractivity contribution is 5.74. The average Bonchev–Trinajstić information content (AvgIpc) is 2.51. The number of nitrogens with two attached hydrogens (primary N) is 1. The van der Waals surface area contributed by atoms with Crippen molar-refractivity contribution in [3.8, 4) is 5.75 Å². The van der Waals surface area contributed by atoms with Crippen molar-refractivity contribution in [3.05, 3.63) is 30.3 Å². The second-order valence-corrected chi connectivity index (χ2v) is 5.40. The zero-order valence-electron chi connectivity index (χ0n) is 12.7. The summed E-state index contributed by atoms with van der Waals surface area (Å²) in [6.07, 6.45) is 1.70. The van der Waals surface area contributed by atoms with Gasteiger partial charge in [0.25, 0.3) is 0 Å². The van der Waals surface area contributed by atoms with E-state index in [9.17, 15) is 9.90 Å². The van der Waals surface area contributed by atoms with Gasteiger partial charge in [0.15, 0.2) is 0 Å². The van der Waals surface area contributed by atoms with Crippen molar-refractivity contribution < 1.29 is 19.4 Å². The molecule has 1 aliphatic rings. The van der Waals surface area contributed by atoms with Crippen molar-refractivity contribution in [2.75, 3.05) is 32.9 Å². The van der Waals surface area contributed by atoms with Crippen LogP contribution in [0, 0.1) is 0 Å². The second-order valence-electron chi connectivity index (χ2n) is 5.40. The van der Waals surface area contributed by atoms with Crippen LogP contribution in [-0.2, 0) is 9.53 Å². The molecule has 0 saturated carbocycles. The van der Waals surface area contributed by atoms with Crippen molar-refractivity contribution >= 4 is 5.97 Å². The first-order valence-electron chi connectivity index (χ1n) is 7.66. The molecule has 2 rings (SSSR count). The largest absolute Gasteiger partial charge is 0.491 e. The maximum atomic E-state index is 11.3. The number of benzene rings is 1. The summed E-state index contributed by atoms with van der Waals surface area (Å²) in [4.78, 5) is 13.2. The van der Waals surface area contributed by atoms with Gasteiger partial charge >= 0.3 is 5.97 Å². The zero-order valence-corrected chi connectivity index (χ0v) is 12.7. The number of aliphatic carboxylic acids is 1. The lowest BCUT2D eigenvalue weighted by Crippen LogP contribution is -2.56. The minimum atomic E-state index is -0.848. The minimum Gasteiger partial charge on any atom is -0.491 e. The molecule has 0 amide bonds. The van der Waals surface area contributed by atoms with E-state index in [0.29, 0.717) is 26.4 Å². The molecule has 22 heavy (non-hydrogen) atoms. The summed E-state index contributed by atoms with van der Waals surface area (Å²) in [6, 6.07) is 8.67. The van der Waals surface area contributed by atoms with E-state index in [4.69, 9.17) is 15.2 Å². The molecule has 0 bridgehead atoms. The van der Waals surface area contributed by atoms with E-state index in [1.807, 2.05) is 35.2 Å². The van der Waals surface area contributed by atoms with Crippen molar-refractivity contribution in [1.29, 1.82) is 0 Å². The van der Waals surface area contributed by atoms with Crippen molar-refractivity contribution in [3.63, 3.8) is 0 Å². The Kier molecular flexibility index (Phi) is 6.64. The first-order chi connectivity index (χ1) is 10.7. The molecular formula is C16H24N2O4. The zero-order chi connectivity index (χ0) is 15.8. The van der Waals surface area contributed by atoms with Gasteiger partial charge in [-0.3, -0.25) is 9.69 Å². The van der Waals surface area contributed by atoms with Gasteiger partial charge in [-0.1, -0.05) is 18.2 Å². The number of carbonyl (C=O) groups is 1. The fraction of sp³-hybridized carbons (Fsp3) is 0.562. The van der Waals surface area contributed by atoms with Crippen LogP contribution >= 0.6 is 0 Å². The Hall–Kier alpha value is -1.63. The van der Waals surface area contributed by atoms with Crippen LogP contribution in [0.2, 0.25) is 0 Å². The molecule has 3 N–H and O–H groups in total. The number of piperidine rings is 1. The SMILES string of the molecule is N[C@@H]1CCCN(CCOCCOc2ccccc2)[C@H]1C(=O)O. The van der Waals surface area contributed by atoms with Crippen LogP contribution in [0.3, 0.4) is 0 Å². The predicted octanol–water partition coefficient (Wildman–Crippen LogP) is 0.958. The summed E-state index contributed by atoms with van der Waals surface area (Å²) in [5.41, 5.74) is 5.90. The predicted molar refractivity (Wildman–Crippen MR) is 83.0 cm³/mol. The topological polar surface area (TPSA) is 85.0 Å². The third-order valence-electron chi connectivity index (χ3n) is 3.80. The molecular weight excluding hydrogens is 284 g/mol. The summed E-state index contributed by atoms with van der Waals surface area (Å²) >= 11 is 0. The first-order valence-corrected chi connectivity index (χ1v) is 7.66. The van der Waals surface area contributed by atoms with Crippen LogP contribution in [0.4, 0.5) is 0 Å². The molecule has 1 heterocycles. The number of carboxylic acid groups (broad SMARTS) is 1. The average molecular weight is 308 g/mol. The van der Waals surface area contributed by atoms with E-state index >= 15 is 0 Å². The normalized spacial score (nSPS) is 22.4. The molecule has 6 nitrogen and oxygen atoms in total.